The number of rotatable bonds is 8. The lowest BCUT2D eigenvalue weighted by Crippen LogP contribution is -2.30. The third-order valence-corrected chi connectivity index (χ3v) is 4.83. The molecule has 6 nitrogen and oxygen atoms in total. The van der Waals surface area contributed by atoms with Gasteiger partial charge in [-0.1, -0.05) is 54.6 Å². The molecule has 26 heavy (non-hydrogen) atoms. The lowest BCUT2D eigenvalue weighted by molar-refractivity contribution is -0.121. The molecule has 134 valence electrons. The van der Waals surface area contributed by atoms with Crippen LogP contribution in [0.15, 0.2) is 54.6 Å². The molecule has 0 saturated heterocycles. The van der Waals surface area contributed by atoms with Crippen molar-refractivity contribution in [1.29, 1.82) is 0 Å². The first-order valence-electron chi connectivity index (χ1n) is 8.44. The van der Waals surface area contributed by atoms with Gasteiger partial charge in [0.25, 0.3) is 0 Å². The molecule has 0 saturated carbocycles. The molecule has 2 aromatic carbocycles. The van der Waals surface area contributed by atoms with Gasteiger partial charge in [-0.2, -0.15) is 16.6 Å². The predicted octanol–water partition coefficient (Wildman–Crippen LogP) is 2.70. The summed E-state index contributed by atoms with van der Waals surface area (Å²) in [4.78, 5) is 13.3. The highest BCUT2D eigenvalue weighted by atomic mass is 32.2. The second kappa shape index (κ2) is 9.15. The van der Waals surface area contributed by atoms with Gasteiger partial charge in [0.1, 0.15) is 6.54 Å². The summed E-state index contributed by atoms with van der Waals surface area (Å²) in [6, 6.07) is 18.1. The summed E-state index contributed by atoms with van der Waals surface area (Å²) in [5.41, 5.74) is 3.29. The number of carbonyl (C=O) groups is 1. The first-order valence-corrected chi connectivity index (χ1v) is 9.60. The van der Waals surface area contributed by atoms with E-state index in [-0.39, 0.29) is 12.5 Å². The van der Waals surface area contributed by atoms with Gasteiger partial charge in [0.2, 0.25) is 11.7 Å². The molecule has 0 bridgehead atoms. The molecule has 0 fully saturated rings. The Bertz CT molecular complexity index is 850. The van der Waals surface area contributed by atoms with Gasteiger partial charge >= 0.3 is 0 Å². The fourth-order valence-corrected chi connectivity index (χ4v) is 3.27. The molecule has 3 aromatic rings. The average Bonchev–Trinajstić information content (AvgIpc) is 3.11. The number of carbonyl (C=O) groups excluding carboxylic acids is 1. The number of aryl methyl sites for hydroxylation is 1. The van der Waals surface area contributed by atoms with Gasteiger partial charge < -0.3 is 5.32 Å². The minimum Gasteiger partial charge on any atom is -0.354 e. The fraction of sp³-hybridized carbons (Fsp3) is 0.263. The second-order valence-electron chi connectivity index (χ2n) is 5.85. The number of thioether (sulfide) groups is 1. The molecule has 0 spiro atoms. The van der Waals surface area contributed by atoms with Gasteiger partial charge in [0.15, 0.2) is 0 Å². The van der Waals surface area contributed by atoms with Gasteiger partial charge in [0, 0.05) is 23.6 Å². The van der Waals surface area contributed by atoms with E-state index in [1.165, 1.54) is 10.4 Å². The molecule has 1 aromatic heterocycles. The van der Waals surface area contributed by atoms with Crippen LogP contribution in [-0.4, -0.2) is 38.4 Å². The highest BCUT2D eigenvalue weighted by molar-refractivity contribution is 7.98. The fourth-order valence-electron chi connectivity index (χ4n) is 2.45. The third-order valence-electron chi connectivity index (χ3n) is 3.80. The van der Waals surface area contributed by atoms with Crippen LogP contribution in [0.2, 0.25) is 0 Å². The van der Waals surface area contributed by atoms with Crippen molar-refractivity contribution in [2.24, 2.45) is 0 Å². The van der Waals surface area contributed by atoms with Crippen LogP contribution >= 0.6 is 11.8 Å². The summed E-state index contributed by atoms with van der Waals surface area (Å²) in [5.74, 6) is 2.23. The predicted molar refractivity (Wildman–Crippen MR) is 104 cm³/mol. The van der Waals surface area contributed by atoms with E-state index in [0.717, 1.165) is 22.6 Å². The summed E-state index contributed by atoms with van der Waals surface area (Å²) < 4.78 is 0. The SMILES string of the molecule is Cc1ccccc1-c1nnn(CC(=O)NCCSCc2ccccc2)n1. The standard InChI is InChI=1S/C19H21N5OS/c1-15-7-5-6-10-17(15)19-21-23-24(22-19)13-18(25)20-11-12-26-14-16-8-3-2-4-9-16/h2-10H,11-14H2,1H3,(H,20,25). The van der Waals surface area contributed by atoms with Crippen LogP contribution in [0.3, 0.4) is 0 Å². The zero-order chi connectivity index (χ0) is 18.2. The van der Waals surface area contributed by atoms with E-state index in [1.807, 2.05) is 49.4 Å². The maximum Gasteiger partial charge on any atom is 0.243 e. The highest BCUT2D eigenvalue weighted by Crippen LogP contribution is 2.17. The molecule has 0 unspecified atom stereocenters. The Morgan fingerprint density at radius 1 is 1.12 bits per heavy atom. The molecule has 0 atom stereocenters. The third kappa shape index (κ3) is 5.16. The van der Waals surface area contributed by atoms with Crippen molar-refractivity contribution in [2.45, 2.75) is 19.2 Å². The zero-order valence-corrected chi connectivity index (χ0v) is 15.4. The number of tetrazole rings is 1. The Morgan fingerprint density at radius 3 is 2.69 bits per heavy atom. The van der Waals surface area contributed by atoms with E-state index < -0.39 is 0 Å². The van der Waals surface area contributed by atoms with Crippen molar-refractivity contribution >= 4 is 17.7 Å². The van der Waals surface area contributed by atoms with Crippen molar-refractivity contribution in [3.63, 3.8) is 0 Å². The van der Waals surface area contributed by atoms with Gasteiger partial charge in [-0.05, 0) is 23.3 Å². The number of nitrogens with one attached hydrogen (secondary N) is 1. The molecule has 1 N–H and O–H groups in total. The number of hydrogen-bond acceptors (Lipinski definition) is 5. The first-order chi connectivity index (χ1) is 12.7. The second-order valence-corrected chi connectivity index (χ2v) is 6.95. The van der Waals surface area contributed by atoms with E-state index in [1.54, 1.807) is 11.8 Å². The maximum absolute atomic E-state index is 12.0. The molecular weight excluding hydrogens is 346 g/mol. The van der Waals surface area contributed by atoms with Crippen LogP contribution in [0.4, 0.5) is 0 Å². The van der Waals surface area contributed by atoms with E-state index in [9.17, 15) is 4.79 Å². The van der Waals surface area contributed by atoms with E-state index in [2.05, 4.69) is 32.9 Å². The van der Waals surface area contributed by atoms with Crippen molar-refractivity contribution in [3.8, 4) is 11.4 Å². The van der Waals surface area contributed by atoms with Gasteiger partial charge in [-0.3, -0.25) is 4.79 Å². The van der Waals surface area contributed by atoms with Crippen molar-refractivity contribution in [2.75, 3.05) is 12.3 Å². The largest absolute Gasteiger partial charge is 0.354 e. The van der Waals surface area contributed by atoms with Crippen LogP contribution < -0.4 is 5.32 Å². The zero-order valence-electron chi connectivity index (χ0n) is 14.6. The number of hydrogen-bond donors (Lipinski definition) is 1. The van der Waals surface area contributed by atoms with Crippen LogP contribution in [0, 0.1) is 6.92 Å². The minimum atomic E-state index is -0.112. The number of benzene rings is 2. The van der Waals surface area contributed by atoms with Crippen LogP contribution in [-0.2, 0) is 17.1 Å². The molecule has 1 heterocycles. The summed E-state index contributed by atoms with van der Waals surface area (Å²) in [7, 11) is 0. The lowest BCUT2D eigenvalue weighted by Gasteiger charge is -2.05. The smallest absolute Gasteiger partial charge is 0.243 e. The van der Waals surface area contributed by atoms with Crippen LogP contribution in [0.25, 0.3) is 11.4 Å². The van der Waals surface area contributed by atoms with E-state index in [4.69, 9.17) is 0 Å². The average molecular weight is 367 g/mol. The Kier molecular flexibility index (Phi) is 6.38. The minimum absolute atomic E-state index is 0.0717. The molecule has 7 heteroatoms. The number of amides is 1. The van der Waals surface area contributed by atoms with E-state index in [0.29, 0.717) is 12.4 Å². The monoisotopic (exact) mass is 367 g/mol. The Hall–Kier alpha value is -2.67. The van der Waals surface area contributed by atoms with Crippen LogP contribution in [0.1, 0.15) is 11.1 Å². The van der Waals surface area contributed by atoms with Crippen molar-refractivity contribution < 1.29 is 4.79 Å². The van der Waals surface area contributed by atoms with Crippen molar-refractivity contribution in [3.05, 3.63) is 65.7 Å². The number of aromatic nitrogens is 4. The molecule has 3 rings (SSSR count). The molecule has 0 radical (unpaired) electrons. The molecule has 0 aliphatic carbocycles. The summed E-state index contributed by atoms with van der Waals surface area (Å²) >= 11 is 1.79. The van der Waals surface area contributed by atoms with Crippen molar-refractivity contribution in [1.82, 2.24) is 25.5 Å². The lowest BCUT2D eigenvalue weighted by atomic mass is 10.1. The summed E-state index contributed by atoms with van der Waals surface area (Å²) in [6.45, 7) is 2.69. The first kappa shape index (κ1) is 18.1. The summed E-state index contributed by atoms with van der Waals surface area (Å²) in [5, 5.41) is 15.2. The van der Waals surface area contributed by atoms with Crippen LogP contribution in [0.5, 0.6) is 0 Å². The van der Waals surface area contributed by atoms with Gasteiger partial charge in [0.05, 0.1) is 0 Å². The quantitative estimate of drug-likeness (QED) is 0.620. The Morgan fingerprint density at radius 2 is 1.88 bits per heavy atom. The topological polar surface area (TPSA) is 72.7 Å². The Balaban J connectivity index is 1.41. The Labute approximate surface area is 157 Å². The highest BCUT2D eigenvalue weighted by Gasteiger charge is 2.10. The molecule has 0 aliphatic rings. The van der Waals surface area contributed by atoms with E-state index >= 15 is 0 Å². The van der Waals surface area contributed by atoms with Gasteiger partial charge in [-0.25, -0.2) is 0 Å². The number of nitrogens with zero attached hydrogens (tertiary/aromatic N) is 4. The molecule has 1 amide bonds. The molecule has 0 aliphatic heterocycles. The maximum atomic E-state index is 12.0. The molecular formula is C19H21N5OS. The normalized spacial score (nSPS) is 10.7. The van der Waals surface area contributed by atoms with Gasteiger partial charge in [-0.15, -0.1) is 10.2 Å². The summed E-state index contributed by atoms with van der Waals surface area (Å²) in [6.07, 6.45) is 0.